The molecule has 0 aliphatic rings. The number of hydrogen-bond donors (Lipinski definition) is 0. The molecule has 11 heteroatoms. The SMILES string of the molecule is CCCCCCCCOc1ccc(-c2nnc(-c3ccncc3)o2)cc1.Fc1c(I)c(F)c(I)c(F)c1I. The van der Waals surface area contributed by atoms with Gasteiger partial charge < -0.3 is 9.15 Å². The molecule has 0 saturated heterocycles. The van der Waals surface area contributed by atoms with Gasteiger partial charge in [-0.3, -0.25) is 4.98 Å². The van der Waals surface area contributed by atoms with Crippen molar-refractivity contribution < 1.29 is 22.3 Å². The summed E-state index contributed by atoms with van der Waals surface area (Å²) >= 11 is 4.53. The van der Waals surface area contributed by atoms with E-state index in [1.807, 2.05) is 36.4 Å². The zero-order chi connectivity index (χ0) is 27.5. The van der Waals surface area contributed by atoms with Crippen LogP contribution in [0.15, 0.2) is 53.2 Å². The molecule has 0 atom stereocenters. The maximum Gasteiger partial charge on any atom is 0.248 e. The third-order valence-electron chi connectivity index (χ3n) is 5.38. The highest BCUT2D eigenvalue weighted by atomic mass is 127. The Morgan fingerprint density at radius 2 is 1.16 bits per heavy atom. The van der Waals surface area contributed by atoms with Gasteiger partial charge in [0.2, 0.25) is 11.8 Å². The number of nitrogens with zero attached hydrogens (tertiary/aromatic N) is 3. The van der Waals surface area contributed by atoms with E-state index in [1.54, 1.807) is 12.4 Å². The minimum absolute atomic E-state index is 0.164. The highest BCUT2D eigenvalue weighted by Crippen LogP contribution is 2.28. The van der Waals surface area contributed by atoms with Crippen molar-refractivity contribution in [3.8, 4) is 28.7 Å². The predicted molar refractivity (Wildman–Crippen MR) is 166 cm³/mol. The lowest BCUT2D eigenvalue weighted by Gasteiger charge is -2.06. The Hall–Kier alpha value is -1.49. The Balaban J connectivity index is 0.000000279. The minimum Gasteiger partial charge on any atom is -0.494 e. The molecular formula is C27H25F3I3N3O2. The Bertz CT molecular complexity index is 1200. The van der Waals surface area contributed by atoms with Crippen LogP contribution in [0.5, 0.6) is 5.75 Å². The minimum atomic E-state index is -0.827. The Labute approximate surface area is 260 Å². The molecule has 4 rings (SSSR count). The van der Waals surface area contributed by atoms with Gasteiger partial charge in [-0.2, -0.15) is 0 Å². The second-order valence-electron chi connectivity index (χ2n) is 8.17. The number of ether oxygens (including phenoxy) is 1. The topological polar surface area (TPSA) is 61.0 Å². The summed E-state index contributed by atoms with van der Waals surface area (Å²) < 4.78 is 49.9. The van der Waals surface area contributed by atoms with Crippen LogP contribution in [0, 0.1) is 28.2 Å². The molecule has 0 aliphatic heterocycles. The molecule has 0 bridgehead atoms. The fourth-order valence-corrected chi connectivity index (χ4v) is 6.46. The van der Waals surface area contributed by atoms with Crippen LogP contribution in [0.25, 0.3) is 22.9 Å². The van der Waals surface area contributed by atoms with Crippen LogP contribution in [0.3, 0.4) is 0 Å². The zero-order valence-electron chi connectivity index (χ0n) is 20.5. The van der Waals surface area contributed by atoms with Crippen LogP contribution in [0.1, 0.15) is 45.4 Å². The van der Waals surface area contributed by atoms with Gasteiger partial charge in [0.05, 0.1) is 17.3 Å². The fourth-order valence-electron chi connectivity index (χ4n) is 3.30. The van der Waals surface area contributed by atoms with Crippen molar-refractivity contribution in [3.63, 3.8) is 0 Å². The van der Waals surface area contributed by atoms with Crippen LogP contribution < -0.4 is 4.74 Å². The molecule has 0 amide bonds. The lowest BCUT2D eigenvalue weighted by atomic mass is 10.1. The first-order chi connectivity index (χ1) is 18.3. The third kappa shape index (κ3) is 8.76. The lowest BCUT2D eigenvalue weighted by molar-refractivity contribution is 0.304. The van der Waals surface area contributed by atoms with Crippen LogP contribution >= 0.6 is 67.8 Å². The average Bonchev–Trinajstić information content (AvgIpc) is 3.45. The summed E-state index contributed by atoms with van der Waals surface area (Å²) in [5, 5.41) is 8.23. The number of aromatic nitrogens is 3. The molecule has 2 aromatic heterocycles. The summed E-state index contributed by atoms with van der Waals surface area (Å²) in [6, 6.07) is 11.5. The average molecular weight is 861 g/mol. The van der Waals surface area contributed by atoms with Crippen molar-refractivity contribution in [2.45, 2.75) is 45.4 Å². The third-order valence-corrected chi connectivity index (χ3v) is 8.22. The second-order valence-corrected chi connectivity index (χ2v) is 11.4. The first-order valence-electron chi connectivity index (χ1n) is 12.0. The molecule has 2 aromatic carbocycles. The van der Waals surface area contributed by atoms with Crippen molar-refractivity contribution in [1.29, 1.82) is 0 Å². The molecule has 0 spiro atoms. The molecule has 5 nitrogen and oxygen atoms in total. The number of hydrogen-bond acceptors (Lipinski definition) is 5. The smallest absolute Gasteiger partial charge is 0.248 e. The van der Waals surface area contributed by atoms with Crippen LogP contribution in [0.2, 0.25) is 0 Å². The quantitative estimate of drug-likeness (QED) is 0.0689. The van der Waals surface area contributed by atoms with E-state index >= 15 is 0 Å². The van der Waals surface area contributed by atoms with Crippen LogP contribution in [-0.4, -0.2) is 21.8 Å². The number of halogens is 6. The van der Waals surface area contributed by atoms with Crippen molar-refractivity contribution >= 4 is 67.8 Å². The molecule has 0 N–H and O–H groups in total. The van der Waals surface area contributed by atoms with E-state index in [1.165, 1.54) is 99.9 Å². The monoisotopic (exact) mass is 861 g/mol. The van der Waals surface area contributed by atoms with Gasteiger partial charge >= 0.3 is 0 Å². The first-order valence-corrected chi connectivity index (χ1v) is 15.2. The maximum absolute atomic E-state index is 12.9. The van der Waals surface area contributed by atoms with Gasteiger partial charge in [-0.15, -0.1) is 10.2 Å². The van der Waals surface area contributed by atoms with Crippen molar-refractivity contribution in [2.75, 3.05) is 6.61 Å². The Morgan fingerprint density at radius 1 is 0.684 bits per heavy atom. The van der Waals surface area contributed by atoms with E-state index in [0.717, 1.165) is 29.9 Å². The van der Waals surface area contributed by atoms with E-state index in [4.69, 9.17) is 9.15 Å². The predicted octanol–water partition coefficient (Wildman–Crippen LogP) is 9.46. The van der Waals surface area contributed by atoms with E-state index in [0.29, 0.717) is 11.8 Å². The Morgan fingerprint density at radius 3 is 1.68 bits per heavy atom. The van der Waals surface area contributed by atoms with Gasteiger partial charge in [0.15, 0.2) is 17.5 Å². The van der Waals surface area contributed by atoms with Gasteiger partial charge in [0.1, 0.15) is 5.75 Å². The Kier molecular flexibility index (Phi) is 13.0. The molecule has 202 valence electrons. The van der Waals surface area contributed by atoms with E-state index in [-0.39, 0.29) is 10.7 Å². The summed E-state index contributed by atoms with van der Waals surface area (Å²) in [5.41, 5.74) is 1.74. The molecule has 0 unspecified atom stereocenters. The van der Waals surface area contributed by atoms with E-state index < -0.39 is 17.5 Å². The summed E-state index contributed by atoms with van der Waals surface area (Å²) in [6.45, 7) is 3.00. The maximum atomic E-state index is 12.9. The molecule has 38 heavy (non-hydrogen) atoms. The molecule has 0 saturated carbocycles. The fraction of sp³-hybridized carbons (Fsp3) is 0.296. The number of rotatable bonds is 10. The van der Waals surface area contributed by atoms with Gasteiger partial charge in [0, 0.05) is 23.5 Å². The standard InChI is InChI=1S/C21H25N3O2.C6F3I3/c1-2-3-4-5-6-7-16-25-19-10-8-17(9-11-19)20-23-24-21(26-20)18-12-14-22-15-13-18;7-1-4(10)2(8)6(12)3(9)5(1)11/h8-15H,2-7,16H2,1H3;. The number of unbranched alkanes of at least 4 members (excludes halogenated alkanes) is 5. The van der Waals surface area contributed by atoms with Crippen molar-refractivity contribution in [2.24, 2.45) is 0 Å². The molecule has 2 heterocycles. The summed E-state index contributed by atoms with van der Waals surface area (Å²) in [6.07, 6.45) is 11.0. The summed E-state index contributed by atoms with van der Waals surface area (Å²) in [7, 11) is 0. The molecule has 0 aliphatic carbocycles. The normalized spacial score (nSPS) is 10.7. The molecule has 0 fully saturated rings. The second kappa shape index (κ2) is 15.9. The molecular weight excluding hydrogens is 836 g/mol. The van der Waals surface area contributed by atoms with Crippen LogP contribution in [0.4, 0.5) is 13.2 Å². The zero-order valence-corrected chi connectivity index (χ0v) is 27.0. The molecule has 4 aromatic rings. The van der Waals surface area contributed by atoms with E-state index in [2.05, 4.69) is 22.1 Å². The van der Waals surface area contributed by atoms with E-state index in [9.17, 15) is 13.2 Å². The van der Waals surface area contributed by atoms with Gasteiger partial charge in [-0.1, -0.05) is 39.0 Å². The van der Waals surface area contributed by atoms with Crippen LogP contribution in [-0.2, 0) is 0 Å². The number of benzene rings is 2. The lowest BCUT2D eigenvalue weighted by Crippen LogP contribution is -2.01. The van der Waals surface area contributed by atoms with Gasteiger partial charge in [-0.05, 0) is 111 Å². The number of pyridine rings is 1. The van der Waals surface area contributed by atoms with Crippen molar-refractivity contribution in [1.82, 2.24) is 15.2 Å². The highest BCUT2D eigenvalue weighted by molar-refractivity contribution is 14.1. The van der Waals surface area contributed by atoms with Gasteiger partial charge in [0.25, 0.3) is 0 Å². The highest BCUT2D eigenvalue weighted by Gasteiger charge is 2.20. The first kappa shape index (κ1) is 31.0. The van der Waals surface area contributed by atoms with Gasteiger partial charge in [-0.25, -0.2) is 13.2 Å². The van der Waals surface area contributed by atoms with Crippen molar-refractivity contribution in [3.05, 3.63) is 77.0 Å². The largest absolute Gasteiger partial charge is 0.494 e. The molecule has 0 radical (unpaired) electrons. The summed E-state index contributed by atoms with van der Waals surface area (Å²) in [4.78, 5) is 3.99. The summed E-state index contributed by atoms with van der Waals surface area (Å²) in [5.74, 6) is -0.619.